The summed E-state index contributed by atoms with van der Waals surface area (Å²) in [5.74, 6) is 0. The van der Waals surface area contributed by atoms with Gasteiger partial charge >= 0.3 is 0 Å². The van der Waals surface area contributed by atoms with Crippen LogP contribution in [0, 0.1) is 0 Å². The fourth-order valence-corrected chi connectivity index (χ4v) is 2.78. The Morgan fingerprint density at radius 2 is 2.05 bits per heavy atom. The van der Waals surface area contributed by atoms with Crippen molar-refractivity contribution in [2.24, 2.45) is 0 Å². The van der Waals surface area contributed by atoms with Crippen LogP contribution in [0.25, 0.3) is 11.1 Å². The van der Waals surface area contributed by atoms with Crippen LogP contribution >= 0.6 is 11.6 Å². The van der Waals surface area contributed by atoms with E-state index in [1.54, 1.807) is 12.4 Å². The highest BCUT2D eigenvalue weighted by Gasteiger charge is 2.41. The zero-order valence-corrected chi connectivity index (χ0v) is 13.1. The number of rotatable bonds is 5. The minimum Gasteiger partial charge on any atom is -0.371 e. The Balaban J connectivity index is 1.87. The molecule has 0 atom stereocenters. The van der Waals surface area contributed by atoms with E-state index in [4.69, 9.17) is 11.6 Å². The highest BCUT2D eigenvalue weighted by Crippen LogP contribution is 2.37. The quantitative estimate of drug-likeness (QED) is 0.862. The topological polar surface area (TPSA) is 41.0 Å². The Bertz CT molecular complexity index is 625. The summed E-state index contributed by atoms with van der Waals surface area (Å²) >= 11 is 6.25. The molecule has 0 saturated heterocycles. The molecule has 21 heavy (non-hydrogen) atoms. The van der Waals surface area contributed by atoms with Crippen LogP contribution in [0.2, 0.25) is 5.15 Å². The van der Waals surface area contributed by atoms with E-state index in [1.165, 1.54) is 12.8 Å². The molecule has 1 saturated carbocycles. The summed E-state index contributed by atoms with van der Waals surface area (Å²) in [7, 11) is 4.13. The van der Waals surface area contributed by atoms with Crippen LogP contribution < -0.4 is 10.2 Å². The van der Waals surface area contributed by atoms with Gasteiger partial charge in [0.15, 0.2) is 0 Å². The molecule has 0 unspecified atom stereocenters. The minimum absolute atomic E-state index is 0.269. The van der Waals surface area contributed by atoms with Crippen molar-refractivity contribution in [2.75, 3.05) is 25.5 Å². The van der Waals surface area contributed by atoms with Gasteiger partial charge in [0.1, 0.15) is 5.15 Å². The molecule has 2 aromatic heterocycles. The van der Waals surface area contributed by atoms with E-state index in [9.17, 15) is 0 Å². The van der Waals surface area contributed by atoms with Gasteiger partial charge in [0.2, 0.25) is 0 Å². The molecule has 0 aliphatic heterocycles. The van der Waals surface area contributed by atoms with E-state index in [0.717, 1.165) is 23.4 Å². The number of aromatic nitrogens is 2. The number of likely N-dealkylation sites (N-methyl/N-ethyl adjacent to an activating group) is 2. The van der Waals surface area contributed by atoms with E-state index >= 15 is 0 Å². The lowest BCUT2D eigenvalue weighted by molar-refractivity contribution is 0.549. The third kappa shape index (κ3) is 3.01. The maximum absolute atomic E-state index is 6.25. The van der Waals surface area contributed by atoms with Crippen LogP contribution in [0.5, 0.6) is 0 Å². The minimum atomic E-state index is 0.269. The lowest BCUT2D eigenvalue weighted by Crippen LogP contribution is -2.39. The lowest BCUT2D eigenvalue weighted by Gasteiger charge is -2.25. The Morgan fingerprint density at radius 3 is 2.67 bits per heavy atom. The van der Waals surface area contributed by atoms with Crippen molar-refractivity contribution in [3.8, 4) is 11.1 Å². The molecule has 110 valence electrons. The van der Waals surface area contributed by atoms with Crippen molar-refractivity contribution < 1.29 is 0 Å². The third-order valence-corrected chi connectivity index (χ3v) is 4.48. The molecule has 0 spiro atoms. The standard InChI is InChI=1S/C16H19ClN4/c1-18-16(5-6-16)11-21(2)13-9-14(15(17)20-10-13)12-3-7-19-8-4-12/h3-4,7-10,18H,5-6,11H2,1-2H3. The van der Waals surface area contributed by atoms with E-state index < -0.39 is 0 Å². The Hall–Kier alpha value is -1.65. The van der Waals surface area contributed by atoms with Gasteiger partial charge in [-0.2, -0.15) is 0 Å². The molecule has 4 nitrogen and oxygen atoms in total. The number of pyridine rings is 2. The van der Waals surface area contributed by atoms with Gasteiger partial charge in [-0.05, 0) is 43.7 Å². The highest BCUT2D eigenvalue weighted by molar-refractivity contribution is 6.32. The molecule has 1 N–H and O–H groups in total. The summed E-state index contributed by atoms with van der Waals surface area (Å²) in [5.41, 5.74) is 3.32. The molecular formula is C16H19ClN4. The first kappa shape index (κ1) is 14.3. The summed E-state index contributed by atoms with van der Waals surface area (Å²) in [4.78, 5) is 10.6. The Morgan fingerprint density at radius 1 is 1.33 bits per heavy atom. The maximum atomic E-state index is 6.25. The summed E-state index contributed by atoms with van der Waals surface area (Å²) < 4.78 is 0. The third-order valence-electron chi connectivity index (χ3n) is 4.18. The van der Waals surface area contributed by atoms with E-state index in [0.29, 0.717) is 5.15 Å². The number of hydrogen-bond acceptors (Lipinski definition) is 4. The molecule has 0 amide bonds. The largest absolute Gasteiger partial charge is 0.371 e. The number of nitrogens with one attached hydrogen (secondary N) is 1. The molecule has 5 heteroatoms. The zero-order chi connectivity index (χ0) is 14.9. The maximum Gasteiger partial charge on any atom is 0.136 e. The van der Waals surface area contributed by atoms with Gasteiger partial charge in [0.25, 0.3) is 0 Å². The summed E-state index contributed by atoms with van der Waals surface area (Å²) in [6.45, 7) is 0.975. The monoisotopic (exact) mass is 302 g/mol. The normalized spacial score (nSPS) is 15.8. The van der Waals surface area contributed by atoms with Crippen molar-refractivity contribution >= 4 is 17.3 Å². The molecule has 2 aromatic rings. The van der Waals surface area contributed by atoms with E-state index in [-0.39, 0.29) is 5.54 Å². The number of hydrogen-bond donors (Lipinski definition) is 1. The van der Waals surface area contributed by atoms with Gasteiger partial charge in [-0.15, -0.1) is 0 Å². The van der Waals surface area contributed by atoms with Crippen LogP contribution in [-0.2, 0) is 0 Å². The van der Waals surface area contributed by atoms with Gasteiger partial charge in [-0.1, -0.05) is 11.6 Å². The van der Waals surface area contributed by atoms with Crippen molar-refractivity contribution in [3.05, 3.63) is 41.9 Å². The smallest absolute Gasteiger partial charge is 0.136 e. The molecular weight excluding hydrogens is 284 g/mol. The van der Waals surface area contributed by atoms with E-state index in [1.807, 2.05) is 25.4 Å². The average molecular weight is 303 g/mol. The van der Waals surface area contributed by atoms with Crippen LogP contribution in [0.4, 0.5) is 5.69 Å². The van der Waals surface area contributed by atoms with Crippen LogP contribution in [0.3, 0.4) is 0 Å². The zero-order valence-electron chi connectivity index (χ0n) is 12.3. The van der Waals surface area contributed by atoms with Crippen LogP contribution in [-0.4, -0.2) is 36.1 Å². The van der Waals surface area contributed by atoms with Gasteiger partial charge in [0, 0.05) is 37.1 Å². The highest BCUT2D eigenvalue weighted by atomic mass is 35.5. The average Bonchev–Trinajstić information content (AvgIpc) is 3.28. The number of anilines is 1. The van der Waals surface area contributed by atoms with Gasteiger partial charge in [-0.3, -0.25) is 4.98 Å². The number of halogens is 1. The van der Waals surface area contributed by atoms with Crippen molar-refractivity contribution in [2.45, 2.75) is 18.4 Å². The van der Waals surface area contributed by atoms with Crippen molar-refractivity contribution in [3.63, 3.8) is 0 Å². The first-order valence-corrected chi connectivity index (χ1v) is 7.47. The van der Waals surface area contributed by atoms with Crippen molar-refractivity contribution in [1.29, 1.82) is 0 Å². The molecule has 1 fully saturated rings. The Labute approximate surface area is 130 Å². The molecule has 3 rings (SSSR count). The van der Waals surface area contributed by atoms with Crippen molar-refractivity contribution in [1.82, 2.24) is 15.3 Å². The SMILES string of the molecule is CNC1(CN(C)c2cnc(Cl)c(-c3ccncc3)c2)CC1. The first-order chi connectivity index (χ1) is 10.1. The fourth-order valence-electron chi connectivity index (χ4n) is 2.56. The fraction of sp³-hybridized carbons (Fsp3) is 0.375. The van der Waals surface area contributed by atoms with Crippen LogP contribution in [0.15, 0.2) is 36.8 Å². The predicted molar refractivity (Wildman–Crippen MR) is 86.8 cm³/mol. The van der Waals surface area contributed by atoms with Gasteiger partial charge in [0.05, 0.1) is 11.9 Å². The van der Waals surface area contributed by atoms with Crippen LogP contribution in [0.1, 0.15) is 12.8 Å². The molecule has 0 bridgehead atoms. The van der Waals surface area contributed by atoms with Gasteiger partial charge < -0.3 is 10.2 Å². The molecule has 0 aromatic carbocycles. The molecule has 0 radical (unpaired) electrons. The molecule has 2 heterocycles. The first-order valence-electron chi connectivity index (χ1n) is 7.09. The van der Waals surface area contributed by atoms with Gasteiger partial charge in [-0.25, -0.2) is 4.98 Å². The Kier molecular flexibility index (Phi) is 3.83. The molecule has 1 aliphatic carbocycles. The second kappa shape index (κ2) is 5.62. The second-order valence-electron chi connectivity index (χ2n) is 5.65. The lowest BCUT2D eigenvalue weighted by atomic mass is 10.1. The molecule has 1 aliphatic rings. The number of nitrogens with zero attached hydrogens (tertiary/aromatic N) is 3. The summed E-state index contributed by atoms with van der Waals surface area (Å²) in [5, 5.41) is 3.94. The summed E-state index contributed by atoms with van der Waals surface area (Å²) in [6, 6.07) is 5.99. The summed E-state index contributed by atoms with van der Waals surface area (Å²) in [6.07, 6.45) is 7.82. The predicted octanol–water partition coefficient (Wildman–Crippen LogP) is 2.99. The van der Waals surface area contributed by atoms with E-state index in [2.05, 4.69) is 33.3 Å². The second-order valence-corrected chi connectivity index (χ2v) is 6.01.